The number of aliphatic hydroxyl groups excluding tert-OH is 1. The Morgan fingerprint density at radius 1 is 1.15 bits per heavy atom. The molecule has 0 radical (unpaired) electrons. The Balaban J connectivity index is 2.71. The molecule has 0 aliphatic rings. The molecule has 112 valence electrons. The van der Waals surface area contributed by atoms with E-state index in [1.165, 1.54) is 24.4 Å². The molecule has 0 heterocycles. The van der Waals surface area contributed by atoms with Crippen molar-refractivity contribution >= 4 is 13.3 Å². The fourth-order valence-electron chi connectivity index (χ4n) is 2.95. The fourth-order valence-corrected chi connectivity index (χ4v) is 6.11. The SMILES string of the molecule is C=C[C@H]([C@@H](O)CCCCCC)[Si](C)(C)c1ccccc1. The highest BCUT2D eigenvalue weighted by Gasteiger charge is 2.35. The second kappa shape index (κ2) is 8.43. The van der Waals surface area contributed by atoms with Gasteiger partial charge in [0.25, 0.3) is 0 Å². The standard InChI is InChI=1S/C18H30OSi/c1-5-7-8-12-15-17(19)18(6-2)20(3,4)16-13-10-9-11-14-16/h6,9-11,13-14,17-19H,2,5,7-8,12,15H2,1,3-4H3/t17-,18+/m0/s1. The van der Waals surface area contributed by atoms with Gasteiger partial charge >= 0.3 is 0 Å². The number of aliphatic hydroxyl groups is 1. The zero-order valence-electron chi connectivity index (χ0n) is 13.3. The van der Waals surface area contributed by atoms with Gasteiger partial charge in [-0.2, -0.15) is 0 Å². The molecule has 0 spiro atoms. The second-order valence-electron chi connectivity index (χ2n) is 6.27. The van der Waals surface area contributed by atoms with E-state index in [0.717, 1.165) is 12.8 Å². The maximum absolute atomic E-state index is 10.6. The third-order valence-corrected chi connectivity index (χ3v) is 8.48. The van der Waals surface area contributed by atoms with Crippen LogP contribution in [0.1, 0.15) is 39.0 Å². The Hall–Kier alpha value is -0.863. The lowest BCUT2D eigenvalue weighted by molar-refractivity contribution is 0.162. The Bertz CT molecular complexity index is 386. The second-order valence-corrected chi connectivity index (χ2v) is 11.0. The van der Waals surface area contributed by atoms with Crippen LogP contribution < -0.4 is 5.19 Å². The van der Waals surface area contributed by atoms with Crippen LogP contribution in [0.15, 0.2) is 43.0 Å². The van der Waals surface area contributed by atoms with E-state index in [0.29, 0.717) is 0 Å². The van der Waals surface area contributed by atoms with Gasteiger partial charge in [0.2, 0.25) is 0 Å². The summed E-state index contributed by atoms with van der Waals surface area (Å²) >= 11 is 0. The summed E-state index contributed by atoms with van der Waals surface area (Å²) in [7, 11) is -1.71. The molecule has 1 rings (SSSR count). The summed E-state index contributed by atoms with van der Waals surface area (Å²) < 4.78 is 0. The van der Waals surface area contributed by atoms with Crippen LogP contribution in [0.4, 0.5) is 0 Å². The molecular formula is C18H30OSi. The molecule has 0 fully saturated rings. The van der Waals surface area contributed by atoms with Crippen LogP contribution >= 0.6 is 0 Å². The van der Waals surface area contributed by atoms with Crippen LogP contribution in [0.2, 0.25) is 18.6 Å². The zero-order chi connectivity index (χ0) is 15.0. The zero-order valence-corrected chi connectivity index (χ0v) is 14.3. The highest BCUT2D eigenvalue weighted by molar-refractivity contribution is 6.91. The van der Waals surface area contributed by atoms with Crippen LogP contribution in [0, 0.1) is 0 Å². The lowest BCUT2D eigenvalue weighted by Crippen LogP contribution is -2.49. The van der Waals surface area contributed by atoms with E-state index in [9.17, 15) is 5.11 Å². The van der Waals surface area contributed by atoms with Crippen LogP contribution in [-0.2, 0) is 0 Å². The average Bonchev–Trinajstić information content (AvgIpc) is 2.45. The number of unbranched alkanes of at least 4 members (excludes halogenated alkanes) is 3. The number of benzene rings is 1. The van der Waals surface area contributed by atoms with Gasteiger partial charge in [-0.25, -0.2) is 0 Å². The van der Waals surface area contributed by atoms with Gasteiger partial charge in [-0.1, -0.05) is 87.3 Å². The monoisotopic (exact) mass is 290 g/mol. The van der Waals surface area contributed by atoms with Crippen molar-refractivity contribution in [3.05, 3.63) is 43.0 Å². The molecule has 0 unspecified atom stereocenters. The van der Waals surface area contributed by atoms with Crippen molar-refractivity contribution in [2.75, 3.05) is 0 Å². The van der Waals surface area contributed by atoms with Gasteiger partial charge in [0.1, 0.15) is 0 Å². The summed E-state index contributed by atoms with van der Waals surface area (Å²) in [6, 6.07) is 10.6. The molecule has 0 amide bonds. The first kappa shape index (κ1) is 17.2. The first-order valence-corrected chi connectivity index (χ1v) is 11.0. The fraction of sp³-hybridized carbons (Fsp3) is 0.556. The van der Waals surface area contributed by atoms with E-state index in [1.807, 2.05) is 6.08 Å². The summed E-state index contributed by atoms with van der Waals surface area (Å²) in [5, 5.41) is 12.0. The van der Waals surface area contributed by atoms with Crippen molar-refractivity contribution in [1.82, 2.24) is 0 Å². The number of hydrogen-bond donors (Lipinski definition) is 1. The van der Waals surface area contributed by atoms with Gasteiger partial charge in [0.15, 0.2) is 0 Å². The molecule has 0 bridgehead atoms. The minimum atomic E-state index is -1.71. The summed E-state index contributed by atoms with van der Waals surface area (Å²) in [4.78, 5) is 0. The van der Waals surface area contributed by atoms with E-state index in [2.05, 4.69) is 56.9 Å². The van der Waals surface area contributed by atoms with Crippen molar-refractivity contribution in [2.45, 2.75) is 63.8 Å². The maximum Gasteiger partial charge on any atom is 0.0901 e. The van der Waals surface area contributed by atoms with E-state index >= 15 is 0 Å². The van der Waals surface area contributed by atoms with Crippen molar-refractivity contribution in [3.8, 4) is 0 Å². The molecule has 0 aliphatic heterocycles. The van der Waals surface area contributed by atoms with Gasteiger partial charge in [0, 0.05) is 5.54 Å². The van der Waals surface area contributed by atoms with Crippen molar-refractivity contribution in [3.63, 3.8) is 0 Å². The lowest BCUT2D eigenvalue weighted by Gasteiger charge is -2.34. The predicted octanol–water partition coefficient (Wildman–Crippen LogP) is 4.49. The molecule has 1 aromatic carbocycles. The molecule has 0 saturated heterocycles. The normalized spacial score (nSPS) is 14.8. The minimum Gasteiger partial charge on any atom is -0.393 e. The molecule has 1 N–H and O–H groups in total. The molecule has 2 atom stereocenters. The first-order chi connectivity index (χ1) is 9.54. The van der Waals surface area contributed by atoms with E-state index in [4.69, 9.17) is 0 Å². The van der Waals surface area contributed by atoms with Crippen LogP contribution in [0.3, 0.4) is 0 Å². The van der Waals surface area contributed by atoms with Crippen molar-refractivity contribution in [1.29, 1.82) is 0 Å². The maximum atomic E-state index is 10.6. The molecule has 0 aromatic heterocycles. The average molecular weight is 291 g/mol. The molecule has 0 saturated carbocycles. The Labute approximate surface area is 125 Å². The highest BCUT2D eigenvalue weighted by atomic mass is 28.3. The van der Waals surface area contributed by atoms with Crippen LogP contribution in [0.25, 0.3) is 0 Å². The lowest BCUT2D eigenvalue weighted by atomic mass is 10.1. The van der Waals surface area contributed by atoms with Crippen LogP contribution in [-0.4, -0.2) is 19.3 Å². The highest BCUT2D eigenvalue weighted by Crippen LogP contribution is 2.29. The molecular weight excluding hydrogens is 260 g/mol. The molecule has 1 nitrogen and oxygen atoms in total. The Kier molecular flexibility index (Phi) is 7.24. The predicted molar refractivity (Wildman–Crippen MR) is 92.3 cm³/mol. The van der Waals surface area contributed by atoms with E-state index < -0.39 is 8.07 Å². The van der Waals surface area contributed by atoms with Gasteiger partial charge in [-0.3, -0.25) is 0 Å². The van der Waals surface area contributed by atoms with Crippen LogP contribution in [0.5, 0.6) is 0 Å². The topological polar surface area (TPSA) is 20.2 Å². The molecule has 0 aliphatic carbocycles. The summed E-state index contributed by atoms with van der Waals surface area (Å²) in [6.45, 7) is 10.9. The van der Waals surface area contributed by atoms with Crippen molar-refractivity contribution in [2.24, 2.45) is 0 Å². The summed E-state index contributed by atoms with van der Waals surface area (Å²) in [5.41, 5.74) is 0.228. The van der Waals surface area contributed by atoms with Gasteiger partial charge in [-0.15, -0.1) is 6.58 Å². The number of hydrogen-bond acceptors (Lipinski definition) is 1. The number of rotatable bonds is 9. The molecule has 2 heteroatoms. The van der Waals surface area contributed by atoms with E-state index in [-0.39, 0.29) is 11.6 Å². The van der Waals surface area contributed by atoms with Gasteiger partial charge in [0.05, 0.1) is 14.2 Å². The third kappa shape index (κ3) is 4.60. The van der Waals surface area contributed by atoms with Crippen molar-refractivity contribution < 1.29 is 5.11 Å². The first-order valence-electron chi connectivity index (χ1n) is 7.90. The molecule has 20 heavy (non-hydrogen) atoms. The minimum absolute atomic E-state index is 0.228. The smallest absolute Gasteiger partial charge is 0.0901 e. The molecule has 1 aromatic rings. The Morgan fingerprint density at radius 2 is 1.80 bits per heavy atom. The largest absolute Gasteiger partial charge is 0.393 e. The third-order valence-electron chi connectivity index (χ3n) is 4.37. The Morgan fingerprint density at radius 3 is 2.35 bits per heavy atom. The summed E-state index contributed by atoms with van der Waals surface area (Å²) in [6.07, 6.45) is 7.51. The quantitative estimate of drug-likeness (QED) is 0.403. The van der Waals surface area contributed by atoms with Gasteiger partial charge < -0.3 is 5.11 Å². The summed E-state index contributed by atoms with van der Waals surface area (Å²) in [5.74, 6) is 0. The van der Waals surface area contributed by atoms with Gasteiger partial charge in [-0.05, 0) is 6.42 Å². The van der Waals surface area contributed by atoms with E-state index in [1.54, 1.807) is 0 Å².